The van der Waals surface area contributed by atoms with Gasteiger partial charge in [-0.3, -0.25) is 0 Å². The molecule has 0 fully saturated rings. The summed E-state index contributed by atoms with van der Waals surface area (Å²) in [5.41, 5.74) is 0.757. The minimum Gasteiger partial charge on any atom is -0.184 e. The van der Waals surface area contributed by atoms with Crippen LogP contribution in [0, 0.1) is 0 Å². The fourth-order valence-electron chi connectivity index (χ4n) is 1.59. The molecule has 20 heavy (non-hydrogen) atoms. The van der Waals surface area contributed by atoms with E-state index < -0.39 is 0 Å². The highest BCUT2D eigenvalue weighted by Gasteiger charge is 2.09. The molecule has 102 valence electrons. The maximum Gasteiger partial charge on any atom is 0.275 e. The highest BCUT2D eigenvalue weighted by atomic mass is 35.5. The molecule has 0 saturated carbocycles. The number of halogens is 2. The molecule has 3 rings (SSSR count). The summed E-state index contributed by atoms with van der Waals surface area (Å²) in [6.45, 7) is 0. The van der Waals surface area contributed by atoms with Gasteiger partial charge in [-0.25, -0.2) is 0 Å². The van der Waals surface area contributed by atoms with Crippen molar-refractivity contribution < 1.29 is 0 Å². The van der Waals surface area contributed by atoms with Crippen LogP contribution in [0.15, 0.2) is 34.8 Å². The molecule has 0 atom stereocenters. The highest BCUT2D eigenvalue weighted by Crippen LogP contribution is 2.19. The van der Waals surface area contributed by atoms with Crippen molar-refractivity contribution in [3.05, 3.63) is 40.1 Å². The van der Waals surface area contributed by atoms with Crippen LogP contribution >= 0.6 is 35.0 Å². The first kappa shape index (κ1) is 13.4. The first-order chi connectivity index (χ1) is 9.69. The summed E-state index contributed by atoms with van der Waals surface area (Å²) in [6, 6.07) is 5.21. The molecule has 0 unspecified atom stereocenters. The Balaban J connectivity index is 1.96. The van der Waals surface area contributed by atoms with Crippen molar-refractivity contribution in [1.82, 2.24) is 24.5 Å². The lowest BCUT2D eigenvalue weighted by Gasteiger charge is -1.97. The number of fused-ring (bicyclic) bond motifs is 1. The van der Waals surface area contributed by atoms with E-state index in [0.29, 0.717) is 21.0 Å². The Morgan fingerprint density at radius 1 is 1.30 bits per heavy atom. The number of benzene rings is 1. The zero-order valence-electron chi connectivity index (χ0n) is 10.2. The number of thioether (sulfide) groups is 1. The summed E-state index contributed by atoms with van der Waals surface area (Å²) in [6.07, 6.45) is 5.09. The van der Waals surface area contributed by atoms with E-state index in [1.807, 2.05) is 6.26 Å². The smallest absolute Gasteiger partial charge is 0.184 e. The molecule has 0 bridgehead atoms. The van der Waals surface area contributed by atoms with Crippen LogP contribution in [0.1, 0.15) is 5.56 Å². The van der Waals surface area contributed by atoms with E-state index in [4.69, 9.17) is 23.2 Å². The standard InChI is InChI=1S/C11H8Cl2N6S/c1-20-11-17-16-10-18(6-15-19(10)11)14-5-7-2-3-8(12)4-9(7)13/h2-6H,1H3. The summed E-state index contributed by atoms with van der Waals surface area (Å²) in [4.78, 5) is 0. The van der Waals surface area contributed by atoms with Crippen LogP contribution in [0.2, 0.25) is 10.0 Å². The molecule has 0 saturated heterocycles. The van der Waals surface area contributed by atoms with Crippen LogP contribution in [-0.4, -0.2) is 37.0 Å². The van der Waals surface area contributed by atoms with Crippen molar-refractivity contribution in [2.45, 2.75) is 5.16 Å². The molecule has 6 nitrogen and oxygen atoms in total. The molecule has 3 aromatic rings. The predicted octanol–water partition coefficient (Wildman–Crippen LogP) is 2.84. The van der Waals surface area contributed by atoms with Gasteiger partial charge in [0.1, 0.15) is 6.33 Å². The largest absolute Gasteiger partial charge is 0.275 e. The van der Waals surface area contributed by atoms with E-state index in [2.05, 4.69) is 20.4 Å². The van der Waals surface area contributed by atoms with Crippen molar-refractivity contribution in [1.29, 1.82) is 0 Å². The van der Waals surface area contributed by atoms with Gasteiger partial charge in [0, 0.05) is 10.6 Å². The lowest BCUT2D eigenvalue weighted by atomic mass is 10.2. The Hall–Kier alpha value is -1.57. The second kappa shape index (κ2) is 5.43. The topological polar surface area (TPSA) is 60.4 Å². The highest BCUT2D eigenvalue weighted by molar-refractivity contribution is 7.98. The predicted molar refractivity (Wildman–Crippen MR) is 80.0 cm³/mol. The second-order valence-corrected chi connectivity index (χ2v) is 5.40. The van der Waals surface area contributed by atoms with E-state index in [1.165, 1.54) is 16.4 Å². The molecular weight excluding hydrogens is 319 g/mol. The molecule has 0 aliphatic rings. The Bertz CT molecular complexity index is 793. The van der Waals surface area contributed by atoms with Crippen molar-refractivity contribution in [2.75, 3.05) is 6.26 Å². The molecule has 0 aliphatic heterocycles. The zero-order chi connectivity index (χ0) is 14.1. The number of aromatic nitrogens is 5. The van der Waals surface area contributed by atoms with Crippen molar-refractivity contribution in [2.24, 2.45) is 5.10 Å². The van der Waals surface area contributed by atoms with Gasteiger partial charge in [0.2, 0.25) is 5.16 Å². The minimum atomic E-state index is 0.531. The Morgan fingerprint density at radius 3 is 2.90 bits per heavy atom. The molecule has 0 radical (unpaired) electrons. The molecule has 0 aliphatic carbocycles. The quantitative estimate of drug-likeness (QED) is 0.548. The van der Waals surface area contributed by atoms with Gasteiger partial charge in [0.05, 0.1) is 11.2 Å². The fourth-order valence-corrected chi connectivity index (χ4v) is 2.47. The molecule has 9 heteroatoms. The molecule has 2 heterocycles. The number of rotatable bonds is 3. The van der Waals surface area contributed by atoms with Gasteiger partial charge in [-0.1, -0.05) is 41.0 Å². The Kier molecular flexibility index (Phi) is 3.64. The van der Waals surface area contributed by atoms with Crippen molar-refractivity contribution in [3.63, 3.8) is 0 Å². The summed E-state index contributed by atoms with van der Waals surface area (Å²) >= 11 is 13.4. The Morgan fingerprint density at radius 2 is 2.15 bits per heavy atom. The third-order valence-electron chi connectivity index (χ3n) is 2.54. The van der Waals surface area contributed by atoms with Crippen molar-refractivity contribution >= 4 is 47.0 Å². The first-order valence-electron chi connectivity index (χ1n) is 5.51. The van der Waals surface area contributed by atoms with E-state index in [9.17, 15) is 0 Å². The van der Waals surface area contributed by atoms with E-state index in [0.717, 1.165) is 5.56 Å². The van der Waals surface area contributed by atoms with E-state index in [-0.39, 0.29) is 0 Å². The van der Waals surface area contributed by atoms with E-state index in [1.54, 1.807) is 35.3 Å². The van der Waals surface area contributed by atoms with Crippen LogP contribution in [0.3, 0.4) is 0 Å². The molecule has 0 spiro atoms. The zero-order valence-corrected chi connectivity index (χ0v) is 12.6. The SMILES string of the molecule is CSc1nnc2n(N=Cc3ccc(Cl)cc3Cl)cnn12. The summed E-state index contributed by atoms with van der Waals surface area (Å²) in [5, 5.41) is 18.3. The third-order valence-corrected chi connectivity index (χ3v) is 3.73. The average Bonchev–Trinajstić information content (AvgIpc) is 2.99. The second-order valence-electron chi connectivity index (χ2n) is 3.78. The normalized spacial score (nSPS) is 11.8. The monoisotopic (exact) mass is 326 g/mol. The number of hydrogen-bond donors (Lipinski definition) is 0. The van der Waals surface area contributed by atoms with Crippen LogP contribution in [0.25, 0.3) is 5.78 Å². The van der Waals surface area contributed by atoms with Crippen molar-refractivity contribution in [3.8, 4) is 0 Å². The van der Waals surface area contributed by atoms with Gasteiger partial charge in [-0.15, -0.1) is 10.2 Å². The van der Waals surface area contributed by atoms with Crippen LogP contribution in [0.4, 0.5) is 0 Å². The lowest BCUT2D eigenvalue weighted by molar-refractivity contribution is 0.817. The Labute approximate surface area is 128 Å². The van der Waals surface area contributed by atoms with Gasteiger partial charge >= 0.3 is 0 Å². The minimum absolute atomic E-state index is 0.531. The average molecular weight is 327 g/mol. The third kappa shape index (κ3) is 2.39. The maximum atomic E-state index is 6.08. The summed E-state index contributed by atoms with van der Waals surface area (Å²) < 4.78 is 3.14. The van der Waals surface area contributed by atoms with Crippen LogP contribution < -0.4 is 0 Å². The van der Waals surface area contributed by atoms with Crippen LogP contribution in [0.5, 0.6) is 0 Å². The molecule has 0 amide bonds. The van der Waals surface area contributed by atoms with Gasteiger partial charge in [0.15, 0.2) is 0 Å². The van der Waals surface area contributed by atoms with Gasteiger partial charge in [-0.05, 0) is 18.4 Å². The lowest BCUT2D eigenvalue weighted by Crippen LogP contribution is -1.91. The maximum absolute atomic E-state index is 6.08. The van der Waals surface area contributed by atoms with Gasteiger partial charge in [-0.2, -0.15) is 19.4 Å². The first-order valence-corrected chi connectivity index (χ1v) is 7.49. The summed E-state index contributed by atoms with van der Waals surface area (Å²) in [7, 11) is 0. The van der Waals surface area contributed by atoms with Gasteiger partial charge in [0.25, 0.3) is 5.78 Å². The van der Waals surface area contributed by atoms with Gasteiger partial charge < -0.3 is 0 Å². The molecular formula is C11H8Cl2N6S. The number of hydrogen-bond acceptors (Lipinski definition) is 5. The van der Waals surface area contributed by atoms with E-state index >= 15 is 0 Å². The molecule has 2 aromatic heterocycles. The summed E-state index contributed by atoms with van der Waals surface area (Å²) in [5.74, 6) is 0.538. The van der Waals surface area contributed by atoms with Crippen LogP contribution in [-0.2, 0) is 0 Å². The number of nitrogens with zero attached hydrogens (tertiary/aromatic N) is 6. The molecule has 0 N–H and O–H groups in total. The molecule has 1 aromatic carbocycles. The fraction of sp³-hybridized carbons (Fsp3) is 0.0909.